The van der Waals surface area contributed by atoms with Gasteiger partial charge in [0.1, 0.15) is 18.5 Å². The lowest BCUT2D eigenvalue weighted by Crippen LogP contribution is -2.35. The highest BCUT2D eigenvalue weighted by atomic mass is 16.5. The van der Waals surface area contributed by atoms with E-state index < -0.39 is 12.0 Å². The predicted molar refractivity (Wildman–Crippen MR) is 94.0 cm³/mol. The Morgan fingerprint density at radius 1 is 1.42 bits per heavy atom. The summed E-state index contributed by atoms with van der Waals surface area (Å²) in [4.78, 5) is 27.5. The third-order valence-corrected chi connectivity index (χ3v) is 4.70. The second-order valence-electron chi connectivity index (χ2n) is 6.20. The van der Waals surface area contributed by atoms with E-state index in [4.69, 9.17) is 15.2 Å². The number of pyridine rings is 1. The number of primary amides is 1. The van der Waals surface area contributed by atoms with Gasteiger partial charge in [-0.15, -0.1) is 0 Å². The van der Waals surface area contributed by atoms with Crippen LogP contribution in [0.3, 0.4) is 0 Å². The molecule has 2 amide bonds. The van der Waals surface area contributed by atoms with Crippen LogP contribution >= 0.6 is 0 Å². The van der Waals surface area contributed by atoms with Crippen LogP contribution in [0.2, 0.25) is 0 Å². The smallest absolute Gasteiger partial charge is 0.252 e. The molecule has 0 aliphatic carbocycles. The molecule has 0 bridgehead atoms. The van der Waals surface area contributed by atoms with Gasteiger partial charge < -0.3 is 25.6 Å². The van der Waals surface area contributed by atoms with Crippen molar-refractivity contribution in [1.29, 1.82) is 0 Å². The Balaban J connectivity index is 1.89. The van der Waals surface area contributed by atoms with Crippen LogP contribution in [-0.4, -0.2) is 47.8 Å². The fourth-order valence-corrected chi connectivity index (χ4v) is 3.28. The van der Waals surface area contributed by atoms with Gasteiger partial charge >= 0.3 is 0 Å². The summed E-state index contributed by atoms with van der Waals surface area (Å²) in [6.45, 7) is 2.08. The lowest BCUT2D eigenvalue weighted by molar-refractivity contribution is -0.127. The molecule has 8 nitrogen and oxygen atoms in total. The second-order valence-corrected chi connectivity index (χ2v) is 6.20. The molecule has 8 heteroatoms. The molecule has 1 aliphatic heterocycles. The van der Waals surface area contributed by atoms with Crippen molar-refractivity contribution in [3.05, 3.63) is 30.0 Å². The average Bonchev–Trinajstić information content (AvgIpc) is 2.91. The van der Waals surface area contributed by atoms with Crippen LogP contribution in [0.4, 0.5) is 0 Å². The van der Waals surface area contributed by atoms with Crippen molar-refractivity contribution in [2.24, 2.45) is 11.7 Å². The van der Waals surface area contributed by atoms with Gasteiger partial charge in [0.05, 0.1) is 18.7 Å². The van der Waals surface area contributed by atoms with Crippen LogP contribution in [0.25, 0.3) is 10.8 Å². The van der Waals surface area contributed by atoms with Crippen LogP contribution in [0.15, 0.2) is 24.4 Å². The van der Waals surface area contributed by atoms with Crippen molar-refractivity contribution in [2.45, 2.75) is 25.5 Å². The number of nitrogens with zero attached hydrogens (tertiary/aromatic N) is 1. The van der Waals surface area contributed by atoms with Gasteiger partial charge in [0.15, 0.2) is 0 Å². The van der Waals surface area contributed by atoms with Crippen LogP contribution in [-0.2, 0) is 4.79 Å². The Kier molecular flexibility index (Phi) is 4.94. The van der Waals surface area contributed by atoms with E-state index in [1.54, 1.807) is 24.4 Å². The molecule has 4 N–H and O–H groups in total. The lowest BCUT2D eigenvalue weighted by atomic mass is 9.96. The Morgan fingerprint density at radius 2 is 2.19 bits per heavy atom. The maximum atomic E-state index is 11.7. The number of carbonyl (C=O) groups excluding carboxylic acids is 2. The molecular weight excluding hydrogens is 338 g/mol. The number of nitrogens with two attached hydrogens (primary N) is 1. The molecular formula is C18H21N3O5. The average molecular weight is 359 g/mol. The van der Waals surface area contributed by atoms with Gasteiger partial charge in [-0.3, -0.25) is 9.59 Å². The lowest BCUT2D eigenvalue weighted by Gasteiger charge is -2.19. The summed E-state index contributed by atoms with van der Waals surface area (Å²) in [6, 6.07) is 4.72. The van der Waals surface area contributed by atoms with E-state index in [1.165, 1.54) is 7.11 Å². The molecule has 138 valence electrons. The fraction of sp³-hybridized carbons (Fsp3) is 0.389. The summed E-state index contributed by atoms with van der Waals surface area (Å²) >= 11 is 0. The molecule has 1 fully saturated rings. The zero-order valence-corrected chi connectivity index (χ0v) is 14.6. The number of carbonyl (C=O) groups is 2. The number of hydrogen-bond acceptors (Lipinski definition) is 6. The van der Waals surface area contributed by atoms with Crippen molar-refractivity contribution < 1.29 is 24.2 Å². The number of nitrogens with one attached hydrogen (secondary N) is 1. The minimum atomic E-state index is -1.02. The van der Waals surface area contributed by atoms with Crippen molar-refractivity contribution in [1.82, 2.24) is 10.3 Å². The number of methoxy groups -OCH3 is 1. The molecule has 3 rings (SSSR count). The van der Waals surface area contributed by atoms with Crippen LogP contribution in [0.5, 0.6) is 11.6 Å². The summed E-state index contributed by atoms with van der Waals surface area (Å²) in [6.07, 6.45) is 1.19. The van der Waals surface area contributed by atoms with Gasteiger partial charge in [-0.2, -0.15) is 0 Å². The summed E-state index contributed by atoms with van der Waals surface area (Å²) in [7, 11) is 1.45. The zero-order chi connectivity index (χ0) is 18.8. The van der Waals surface area contributed by atoms with Crippen molar-refractivity contribution in [2.75, 3.05) is 13.7 Å². The van der Waals surface area contributed by atoms with Crippen molar-refractivity contribution in [3.8, 4) is 11.6 Å². The van der Waals surface area contributed by atoms with Gasteiger partial charge in [0.25, 0.3) is 5.91 Å². The third kappa shape index (κ3) is 3.15. The third-order valence-electron chi connectivity index (χ3n) is 4.70. The number of aromatic nitrogens is 1. The molecule has 26 heavy (non-hydrogen) atoms. The number of aliphatic hydroxyl groups is 1. The maximum Gasteiger partial charge on any atom is 0.252 e. The van der Waals surface area contributed by atoms with Crippen LogP contribution in [0, 0.1) is 5.92 Å². The highest BCUT2D eigenvalue weighted by Gasteiger charge is 2.40. The predicted octanol–water partition coefficient (Wildman–Crippen LogP) is 0.607. The highest BCUT2D eigenvalue weighted by molar-refractivity contribution is 6.01. The van der Waals surface area contributed by atoms with E-state index in [0.29, 0.717) is 23.4 Å². The Bertz CT molecular complexity index is 854. The molecule has 1 aromatic heterocycles. The first-order valence-electron chi connectivity index (χ1n) is 8.34. The Labute approximate surface area is 150 Å². The largest absolute Gasteiger partial charge is 0.496 e. The molecule has 1 aromatic carbocycles. The van der Waals surface area contributed by atoms with Crippen molar-refractivity contribution >= 4 is 22.6 Å². The molecule has 1 aliphatic rings. The normalized spacial score (nSPS) is 22.3. The van der Waals surface area contributed by atoms with Gasteiger partial charge in [0.2, 0.25) is 11.8 Å². The molecule has 0 unspecified atom stereocenters. The van der Waals surface area contributed by atoms with E-state index in [-0.39, 0.29) is 30.0 Å². The first-order chi connectivity index (χ1) is 12.5. The fourth-order valence-electron chi connectivity index (χ4n) is 3.28. The monoisotopic (exact) mass is 359 g/mol. The molecule has 0 radical (unpaired) electrons. The number of benzene rings is 1. The Morgan fingerprint density at radius 3 is 2.85 bits per heavy atom. The van der Waals surface area contributed by atoms with Crippen LogP contribution in [0.1, 0.15) is 23.7 Å². The molecule has 0 spiro atoms. The zero-order valence-electron chi connectivity index (χ0n) is 14.6. The molecule has 2 heterocycles. The van der Waals surface area contributed by atoms with E-state index in [1.807, 2.05) is 6.92 Å². The minimum absolute atomic E-state index is 0.174. The van der Waals surface area contributed by atoms with E-state index in [2.05, 4.69) is 10.3 Å². The maximum absolute atomic E-state index is 11.7. The first-order valence-corrected chi connectivity index (χ1v) is 8.34. The standard InChI is InChI=1S/C18H21N3O5/c1-3-10-13(21-17(24)15(10)22)8-26-18-11-7-14(25-2)12(16(19)23)6-9(11)4-5-20-18/h4-7,10,13,15,22H,3,8H2,1-2H3,(H2,19,23)(H,21,24)/t10-,13+,15-/m0/s1. The van der Waals surface area contributed by atoms with Crippen LogP contribution < -0.4 is 20.5 Å². The quantitative estimate of drug-likeness (QED) is 0.694. The van der Waals surface area contributed by atoms with Gasteiger partial charge in [-0.05, 0) is 30.0 Å². The van der Waals surface area contributed by atoms with E-state index >= 15 is 0 Å². The van der Waals surface area contributed by atoms with Gasteiger partial charge in [-0.25, -0.2) is 4.98 Å². The Hall–Kier alpha value is -2.87. The molecule has 3 atom stereocenters. The summed E-state index contributed by atoms with van der Waals surface area (Å²) < 4.78 is 11.1. The SMILES string of the molecule is CC[C@@H]1[C@H](O)C(=O)N[C@@H]1COc1nccc2cc(C(N)=O)c(OC)cc12. The topological polar surface area (TPSA) is 124 Å². The van der Waals surface area contributed by atoms with Gasteiger partial charge in [-0.1, -0.05) is 6.92 Å². The minimum Gasteiger partial charge on any atom is -0.496 e. The summed E-state index contributed by atoms with van der Waals surface area (Å²) in [5.41, 5.74) is 5.66. The number of amides is 2. The summed E-state index contributed by atoms with van der Waals surface area (Å²) in [5.74, 6) is -0.504. The van der Waals surface area contributed by atoms with E-state index in [0.717, 1.165) is 5.39 Å². The summed E-state index contributed by atoms with van der Waals surface area (Å²) in [5, 5.41) is 14.0. The molecule has 2 aromatic rings. The molecule has 1 saturated heterocycles. The number of aliphatic hydroxyl groups excluding tert-OH is 1. The van der Waals surface area contributed by atoms with Crippen molar-refractivity contribution in [3.63, 3.8) is 0 Å². The molecule has 0 saturated carbocycles. The van der Waals surface area contributed by atoms with E-state index in [9.17, 15) is 14.7 Å². The number of hydrogen-bond donors (Lipinski definition) is 3. The number of rotatable bonds is 6. The second kappa shape index (κ2) is 7.17. The van der Waals surface area contributed by atoms with Gasteiger partial charge in [0, 0.05) is 17.5 Å². The number of fused-ring (bicyclic) bond motifs is 1. The number of ether oxygens (including phenoxy) is 2. The first kappa shape index (κ1) is 17.9. The highest BCUT2D eigenvalue weighted by Crippen LogP contribution is 2.31.